The van der Waals surface area contributed by atoms with Crippen molar-refractivity contribution in [2.45, 2.75) is 59.3 Å². The molecule has 106 valence electrons. The number of rotatable bonds is 2. The third-order valence-electron chi connectivity index (χ3n) is 3.94. The highest BCUT2D eigenvalue weighted by molar-refractivity contribution is 5.73. The van der Waals surface area contributed by atoms with Gasteiger partial charge in [0.2, 0.25) is 0 Å². The Hall–Kier alpha value is -0.670. The largest absolute Gasteiger partial charge is 0.466 e. The molecule has 0 aromatic heterocycles. The zero-order valence-corrected chi connectivity index (χ0v) is 11.8. The second-order valence-electron chi connectivity index (χ2n) is 6.24. The summed E-state index contributed by atoms with van der Waals surface area (Å²) in [5.41, 5.74) is 0.0135. The van der Waals surface area contributed by atoms with E-state index in [1.165, 1.54) is 0 Å². The predicted molar refractivity (Wildman–Crippen MR) is 66.5 cm³/mol. The zero-order valence-electron chi connectivity index (χ0n) is 11.8. The molecule has 2 atom stereocenters. The Morgan fingerprint density at radius 1 is 1.28 bits per heavy atom. The van der Waals surface area contributed by atoms with Gasteiger partial charge in [0.15, 0.2) is 0 Å². The van der Waals surface area contributed by atoms with E-state index in [0.29, 0.717) is 12.8 Å². The fourth-order valence-corrected chi connectivity index (χ4v) is 2.66. The second-order valence-corrected chi connectivity index (χ2v) is 6.24. The zero-order chi connectivity index (χ0) is 14.0. The molecular formula is C14H24F2O2. The van der Waals surface area contributed by atoms with Gasteiger partial charge in [-0.3, -0.25) is 4.79 Å². The Labute approximate surface area is 108 Å². The van der Waals surface area contributed by atoms with Gasteiger partial charge in [0.1, 0.15) is 5.92 Å². The predicted octanol–water partition coefficient (Wildman–Crippen LogP) is 4.04. The fraction of sp³-hybridized carbons (Fsp3) is 0.929. The van der Waals surface area contributed by atoms with Crippen LogP contribution in [-0.4, -0.2) is 18.5 Å². The molecule has 0 aromatic rings. The summed E-state index contributed by atoms with van der Waals surface area (Å²) in [5, 5.41) is 0. The van der Waals surface area contributed by atoms with Crippen LogP contribution in [0.1, 0.15) is 53.4 Å². The van der Waals surface area contributed by atoms with Crippen LogP contribution < -0.4 is 0 Å². The number of alkyl halides is 2. The normalized spacial score (nSPS) is 28.6. The van der Waals surface area contributed by atoms with Crippen LogP contribution in [0.25, 0.3) is 0 Å². The van der Waals surface area contributed by atoms with Gasteiger partial charge in [-0.05, 0) is 37.5 Å². The molecule has 1 aliphatic carbocycles. The van der Waals surface area contributed by atoms with Crippen molar-refractivity contribution in [1.29, 1.82) is 0 Å². The molecule has 1 fully saturated rings. The van der Waals surface area contributed by atoms with Crippen molar-refractivity contribution in [2.75, 3.05) is 6.61 Å². The van der Waals surface area contributed by atoms with Gasteiger partial charge in [-0.25, -0.2) is 8.78 Å². The Bertz CT molecular complexity index is 295. The Balaban J connectivity index is 2.79. The highest BCUT2D eigenvalue weighted by atomic mass is 19.3. The Morgan fingerprint density at radius 2 is 1.89 bits per heavy atom. The van der Waals surface area contributed by atoms with Crippen molar-refractivity contribution in [3.05, 3.63) is 0 Å². The number of ether oxygens (including phenoxy) is 1. The topological polar surface area (TPSA) is 26.3 Å². The Morgan fingerprint density at radius 3 is 2.39 bits per heavy atom. The SMILES string of the molecule is CCOC(=O)C1CC[C@@H](C(C)(C)C)CCC1(F)F. The van der Waals surface area contributed by atoms with Crippen LogP contribution in [0.3, 0.4) is 0 Å². The van der Waals surface area contributed by atoms with Gasteiger partial charge in [0.05, 0.1) is 6.61 Å². The average molecular weight is 262 g/mol. The van der Waals surface area contributed by atoms with Crippen LogP contribution in [0.2, 0.25) is 0 Å². The number of hydrogen-bond acceptors (Lipinski definition) is 2. The lowest BCUT2D eigenvalue weighted by Crippen LogP contribution is -2.34. The molecule has 4 heteroatoms. The average Bonchev–Trinajstić information content (AvgIpc) is 2.35. The van der Waals surface area contributed by atoms with E-state index in [1.54, 1.807) is 6.92 Å². The van der Waals surface area contributed by atoms with Gasteiger partial charge in [0.25, 0.3) is 5.92 Å². The molecule has 0 saturated heterocycles. The van der Waals surface area contributed by atoms with Crippen molar-refractivity contribution in [1.82, 2.24) is 0 Å². The van der Waals surface area contributed by atoms with Crippen molar-refractivity contribution in [3.8, 4) is 0 Å². The van der Waals surface area contributed by atoms with Gasteiger partial charge < -0.3 is 4.74 Å². The maximum absolute atomic E-state index is 14.0. The van der Waals surface area contributed by atoms with E-state index in [0.717, 1.165) is 0 Å². The van der Waals surface area contributed by atoms with Crippen LogP contribution in [0.4, 0.5) is 8.78 Å². The van der Waals surface area contributed by atoms with E-state index in [2.05, 4.69) is 20.8 Å². The molecule has 0 amide bonds. The third-order valence-corrected chi connectivity index (χ3v) is 3.94. The lowest BCUT2D eigenvalue weighted by atomic mass is 9.76. The first-order chi connectivity index (χ1) is 8.18. The highest BCUT2D eigenvalue weighted by Gasteiger charge is 2.48. The molecule has 0 radical (unpaired) electrons. The molecule has 0 aliphatic heterocycles. The van der Waals surface area contributed by atoms with Gasteiger partial charge in [0, 0.05) is 6.42 Å². The summed E-state index contributed by atoms with van der Waals surface area (Å²) in [4.78, 5) is 11.6. The van der Waals surface area contributed by atoms with Gasteiger partial charge >= 0.3 is 5.97 Å². The summed E-state index contributed by atoms with van der Waals surface area (Å²) < 4.78 is 32.7. The lowest BCUT2D eigenvalue weighted by molar-refractivity contribution is -0.163. The van der Waals surface area contributed by atoms with Crippen molar-refractivity contribution < 1.29 is 18.3 Å². The van der Waals surface area contributed by atoms with E-state index in [9.17, 15) is 13.6 Å². The molecule has 0 spiro atoms. The first kappa shape index (κ1) is 15.4. The van der Waals surface area contributed by atoms with E-state index in [1.807, 2.05) is 0 Å². The van der Waals surface area contributed by atoms with Crippen molar-refractivity contribution in [3.63, 3.8) is 0 Å². The van der Waals surface area contributed by atoms with Gasteiger partial charge in [-0.2, -0.15) is 0 Å². The molecule has 18 heavy (non-hydrogen) atoms. The summed E-state index contributed by atoms with van der Waals surface area (Å²) in [6.07, 6.45) is 1.17. The molecule has 0 N–H and O–H groups in total. The fourth-order valence-electron chi connectivity index (χ4n) is 2.66. The minimum Gasteiger partial charge on any atom is -0.466 e. The molecule has 0 bridgehead atoms. The highest BCUT2D eigenvalue weighted by Crippen LogP contribution is 2.44. The maximum Gasteiger partial charge on any atom is 0.315 e. The molecular weight excluding hydrogens is 238 g/mol. The van der Waals surface area contributed by atoms with E-state index >= 15 is 0 Å². The van der Waals surface area contributed by atoms with Crippen LogP contribution in [0.5, 0.6) is 0 Å². The van der Waals surface area contributed by atoms with Crippen LogP contribution in [0, 0.1) is 17.3 Å². The third kappa shape index (κ3) is 3.66. The molecule has 1 unspecified atom stereocenters. The summed E-state index contributed by atoms with van der Waals surface area (Å²) in [6, 6.07) is 0. The minimum atomic E-state index is -2.92. The first-order valence-corrected chi connectivity index (χ1v) is 6.73. The van der Waals surface area contributed by atoms with E-state index in [4.69, 9.17) is 4.74 Å². The molecule has 0 heterocycles. The summed E-state index contributed by atoms with van der Waals surface area (Å²) >= 11 is 0. The summed E-state index contributed by atoms with van der Waals surface area (Å²) in [7, 11) is 0. The molecule has 1 saturated carbocycles. The number of hydrogen-bond donors (Lipinski definition) is 0. The molecule has 2 nitrogen and oxygen atoms in total. The monoisotopic (exact) mass is 262 g/mol. The number of esters is 1. The van der Waals surface area contributed by atoms with E-state index < -0.39 is 17.8 Å². The number of carbonyl (C=O) groups is 1. The second kappa shape index (κ2) is 5.54. The number of carbonyl (C=O) groups excluding carboxylic acids is 1. The quantitative estimate of drug-likeness (QED) is 0.554. The minimum absolute atomic E-state index is 0.0135. The first-order valence-electron chi connectivity index (χ1n) is 6.73. The standard InChI is InChI=1S/C14H24F2O2/c1-5-18-12(17)11-7-6-10(13(2,3)4)8-9-14(11,15)16/h10-11H,5-9H2,1-4H3/t10-,11?/m1/s1. The summed E-state index contributed by atoms with van der Waals surface area (Å²) in [5.74, 6) is -4.68. The molecule has 1 rings (SSSR count). The van der Waals surface area contributed by atoms with Gasteiger partial charge in [-0.15, -0.1) is 0 Å². The van der Waals surface area contributed by atoms with Crippen LogP contribution in [0.15, 0.2) is 0 Å². The van der Waals surface area contributed by atoms with Crippen molar-refractivity contribution >= 4 is 5.97 Å². The maximum atomic E-state index is 14.0. The molecule has 1 aliphatic rings. The van der Waals surface area contributed by atoms with E-state index in [-0.39, 0.29) is 30.8 Å². The smallest absolute Gasteiger partial charge is 0.315 e. The van der Waals surface area contributed by atoms with Gasteiger partial charge in [-0.1, -0.05) is 20.8 Å². The summed E-state index contributed by atoms with van der Waals surface area (Å²) in [6.45, 7) is 8.01. The van der Waals surface area contributed by atoms with Crippen LogP contribution in [-0.2, 0) is 9.53 Å². The molecule has 0 aromatic carbocycles. The number of halogens is 2. The Kier molecular flexibility index (Phi) is 4.73. The van der Waals surface area contributed by atoms with Crippen LogP contribution >= 0.6 is 0 Å². The lowest BCUT2D eigenvalue weighted by Gasteiger charge is -2.29. The van der Waals surface area contributed by atoms with Crippen molar-refractivity contribution in [2.24, 2.45) is 17.3 Å².